The van der Waals surface area contributed by atoms with Gasteiger partial charge in [-0.2, -0.15) is 0 Å². The molecule has 0 atom stereocenters. The van der Waals surface area contributed by atoms with E-state index in [1.54, 1.807) is 18.1 Å². The Kier molecular flexibility index (Phi) is 4.50. The number of rotatable bonds is 5. The van der Waals surface area contributed by atoms with Crippen molar-refractivity contribution in [2.24, 2.45) is 5.73 Å². The number of Topliss-reactive ketones (excluding diaryl/α,β-unsaturated/α-hetero) is 1. The van der Waals surface area contributed by atoms with E-state index in [1.165, 1.54) is 11.1 Å². The first kappa shape index (κ1) is 17.2. The Bertz CT molecular complexity index is 1010. The summed E-state index contributed by atoms with van der Waals surface area (Å²) in [6, 6.07) is 4.22. The number of nitrogens with zero attached hydrogens (tertiary/aromatic N) is 4. The van der Waals surface area contributed by atoms with Gasteiger partial charge in [0, 0.05) is 30.0 Å². The molecule has 0 bridgehead atoms. The average molecular weight is 367 g/mol. The Labute approximate surface area is 156 Å². The van der Waals surface area contributed by atoms with E-state index in [4.69, 9.17) is 10.7 Å². The number of hydrogen-bond donors (Lipinski definition) is 1. The first-order valence-corrected chi connectivity index (χ1v) is 9.68. The van der Waals surface area contributed by atoms with Crippen molar-refractivity contribution < 1.29 is 4.79 Å². The first-order chi connectivity index (χ1) is 12.6. The second kappa shape index (κ2) is 6.81. The molecule has 0 radical (unpaired) electrons. The molecule has 7 heteroatoms. The summed E-state index contributed by atoms with van der Waals surface area (Å²) >= 11 is 1.58. The van der Waals surface area contributed by atoms with Gasteiger partial charge < -0.3 is 10.3 Å². The summed E-state index contributed by atoms with van der Waals surface area (Å²) in [4.78, 5) is 26.7. The number of benzene rings is 1. The fourth-order valence-electron chi connectivity index (χ4n) is 3.43. The van der Waals surface area contributed by atoms with Gasteiger partial charge in [0.05, 0.1) is 5.69 Å². The molecule has 2 heterocycles. The molecular formula is C19H21N5OS. The van der Waals surface area contributed by atoms with Crippen molar-refractivity contribution in [1.29, 1.82) is 0 Å². The lowest BCUT2D eigenvalue weighted by atomic mass is 10.0. The van der Waals surface area contributed by atoms with Crippen LogP contribution in [-0.4, -0.2) is 31.8 Å². The largest absolute Gasteiger partial charge is 0.329 e. The highest BCUT2D eigenvalue weighted by atomic mass is 32.2. The number of imidazole rings is 1. The summed E-state index contributed by atoms with van der Waals surface area (Å²) in [6.45, 7) is 5.22. The molecule has 0 aliphatic heterocycles. The summed E-state index contributed by atoms with van der Waals surface area (Å²) in [5, 5.41) is 0.842. The van der Waals surface area contributed by atoms with Gasteiger partial charge in [0.25, 0.3) is 0 Å². The van der Waals surface area contributed by atoms with Crippen molar-refractivity contribution in [3.05, 3.63) is 40.8 Å². The van der Waals surface area contributed by atoms with E-state index in [1.807, 2.05) is 17.6 Å². The maximum atomic E-state index is 12.2. The Morgan fingerprint density at radius 2 is 2.12 bits per heavy atom. The topological polar surface area (TPSA) is 86.7 Å². The summed E-state index contributed by atoms with van der Waals surface area (Å²) in [6.07, 6.45) is 3.95. The zero-order chi connectivity index (χ0) is 18.3. The summed E-state index contributed by atoms with van der Waals surface area (Å²) in [7, 11) is 0. The van der Waals surface area contributed by atoms with Crippen LogP contribution in [0.1, 0.15) is 40.5 Å². The number of aromatic nitrogens is 4. The molecule has 2 N–H and O–H groups in total. The van der Waals surface area contributed by atoms with Crippen molar-refractivity contribution in [3.8, 4) is 0 Å². The zero-order valence-electron chi connectivity index (χ0n) is 15.0. The maximum Gasteiger partial charge on any atom is 0.175 e. The smallest absolute Gasteiger partial charge is 0.175 e. The van der Waals surface area contributed by atoms with E-state index in [2.05, 4.69) is 23.0 Å². The van der Waals surface area contributed by atoms with Crippen LogP contribution >= 0.6 is 11.8 Å². The minimum Gasteiger partial charge on any atom is -0.329 e. The average Bonchev–Trinajstić information content (AvgIpc) is 3.17. The number of ketones is 1. The molecule has 1 aromatic carbocycles. The van der Waals surface area contributed by atoms with Gasteiger partial charge in [0.2, 0.25) is 0 Å². The highest BCUT2D eigenvalue weighted by Crippen LogP contribution is 2.36. The minimum atomic E-state index is 0.238. The quantitative estimate of drug-likeness (QED) is 0.746. The monoisotopic (exact) mass is 367 g/mol. The van der Waals surface area contributed by atoms with Gasteiger partial charge in [0.15, 0.2) is 16.6 Å². The van der Waals surface area contributed by atoms with Crippen LogP contribution in [0, 0.1) is 6.92 Å². The van der Waals surface area contributed by atoms with Gasteiger partial charge in [-0.1, -0.05) is 24.8 Å². The van der Waals surface area contributed by atoms with E-state index in [-0.39, 0.29) is 5.78 Å². The molecule has 0 spiro atoms. The van der Waals surface area contributed by atoms with E-state index >= 15 is 0 Å². The van der Waals surface area contributed by atoms with Crippen LogP contribution in [-0.2, 0) is 19.4 Å². The second-order valence-electron chi connectivity index (χ2n) is 6.46. The molecule has 1 aliphatic rings. The Morgan fingerprint density at radius 1 is 1.27 bits per heavy atom. The van der Waals surface area contributed by atoms with E-state index in [9.17, 15) is 4.79 Å². The lowest BCUT2D eigenvalue weighted by molar-refractivity contribution is 0.0994. The van der Waals surface area contributed by atoms with E-state index < -0.39 is 0 Å². The minimum absolute atomic E-state index is 0.238. The third-order valence-electron chi connectivity index (χ3n) is 4.82. The van der Waals surface area contributed by atoms with Crippen molar-refractivity contribution in [2.45, 2.75) is 49.7 Å². The van der Waals surface area contributed by atoms with Gasteiger partial charge in [-0.15, -0.1) is 0 Å². The number of nitrogens with two attached hydrogens (primary N) is 1. The summed E-state index contributed by atoms with van der Waals surface area (Å²) in [5.41, 5.74) is 11.6. The molecule has 0 saturated carbocycles. The Balaban J connectivity index is 1.83. The molecule has 0 fully saturated rings. The summed E-state index contributed by atoms with van der Waals surface area (Å²) in [5.74, 6) is 0.238. The van der Waals surface area contributed by atoms with Crippen LogP contribution in [0.3, 0.4) is 0 Å². The van der Waals surface area contributed by atoms with Crippen LogP contribution in [0.25, 0.3) is 11.2 Å². The number of hydrogen-bond acceptors (Lipinski definition) is 6. The van der Waals surface area contributed by atoms with E-state index in [0.717, 1.165) is 45.3 Å². The number of fused-ring (bicyclic) bond motifs is 2. The SMILES string of the molecule is CCc1cc2c(cc1Sc1nc3c(C)ncnc3n1CCN)C(=O)CC2. The van der Waals surface area contributed by atoms with Gasteiger partial charge in [-0.25, -0.2) is 15.0 Å². The highest BCUT2D eigenvalue weighted by Gasteiger charge is 2.23. The lowest BCUT2D eigenvalue weighted by Gasteiger charge is -2.11. The van der Waals surface area contributed by atoms with Crippen LogP contribution in [0.4, 0.5) is 0 Å². The van der Waals surface area contributed by atoms with Gasteiger partial charge in [-0.05, 0) is 37.0 Å². The third-order valence-corrected chi connectivity index (χ3v) is 5.92. The molecule has 3 aromatic rings. The zero-order valence-corrected chi connectivity index (χ0v) is 15.8. The molecule has 2 aromatic heterocycles. The van der Waals surface area contributed by atoms with Gasteiger partial charge in [0.1, 0.15) is 11.8 Å². The summed E-state index contributed by atoms with van der Waals surface area (Å²) < 4.78 is 2.04. The number of carbonyl (C=O) groups is 1. The standard InChI is InChI=1S/C19H21N5OS/c1-3-12-8-13-4-5-15(25)14(13)9-16(12)26-19-23-17-11(2)21-10-22-18(17)24(19)7-6-20/h8-10H,3-7,20H2,1-2H3. The molecule has 6 nitrogen and oxygen atoms in total. The molecule has 0 saturated heterocycles. The lowest BCUT2D eigenvalue weighted by Crippen LogP contribution is -2.11. The normalized spacial score (nSPS) is 13.6. The van der Waals surface area contributed by atoms with Crippen LogP contribution in [0.2, 0.25) is 0 Å². The van der Waals surface area contributed by atoms with Crippen LogP contribution in [0.5, 0.6) is 0 Å². The fourth-order valence-corrected chi connectivity index (χ4v) is 4.57. The van der Waals surface area contributed by atoms with Crippen molar-refractivity contribution in [2.75, 3.05) is 6.54 Å². The third kappa shape index (κ3) is 2.81. The number of carbonyl (C=O) groups excluding carboxylic acids is 1. The predicted molar refractivity (Wildman–Crippen MR) is 102 cm³/mol. The van der Waals surface area contributed by atoms with Crippen LogP contribution < -0.4 is 5.73 Å². The second-order valence-corrected chi connectivity index (χ2v) is 7.47. The predicted octanol–water partition coefficient (Wildman–Crippen LogP) is 2.94. The molecule has 0 amide bonds. The Hall–Kier alpha value is -2.25. The van der Waals surface area contributed by atoms with Crippen molar-refractivity contribution in [3.63, 3.8) is 0 Å². The molecular weight excluding hydrogens is 346 g/mol. The molecule has 26 heavy (non-hydrogen) atoms. The van der Waals surface area contributed by atoms with Crippen LogP contribution in [0.15, 0.2) is 28.5 Å². The highest BCUT2D eigenvalue weighted by molar-refractivity contribution is 7.99. The molecule has 0 unspecified atom stereocenters. The van der Waals surface area contributed by atoms with E-state index in [0.29, 0.717) is 19.5 Å². The maximum absolute atomic E-state index is 12.2. The number of aryl methyl sites for hydroxylation is 3. The molecule has 134 valence electrons. The molecule has 4 rings (SSSR count). The van der Waals surface area contributed by atoms with Crippen molar-refractivity contribution >= 4 is 28.7 Å². The van der Waals surface area contributed by atoms with Gasteiger partial charge >= 0.3 is 0 Å². The first-order valence-electron chi connectivity index (χ1n) is 8.87. The Morgan fingerprint density at radius 3 is 2.88 bits per heavy atom. The van der Waals surface area contributed by atoms with Gasteiger partial charge in [-0.3, -0.25) is 4.79 Å². The molecule has 1 aliphatic carbocycles. The van der Waals surface area contributed by atoms with Crippen molar-refractivity contribution in [1.82, 2.24) is 19.5 Å². The fraction of sp³-hybridized carbons (Fsp3) is 0.368.